The topological polar surface area (TPSA) is 63.4 Å². The minimum atomic E-state index is -3.62. The maximum Gasteiger partial charge on any atom is 0.243 e. The lowest BCUT2D eigenvalue weighted by Gasteiger charge is -2.26. The molecule has 0 saturated carbocycles. The van der Waals surface area contributed by atoms with Crippen LogP contribution in [0.2, 0.25) is 0 Å². The highest BCUT2D eigenvalue weighted by Gasteiger charge is 2.39. The van der Waals surface area contributed by atoms with Crippen molar-refractivity contribution in [1.29, 1.82) is 0 Å². The summed E-state index contributed by atoms with van der Waals surface area (Å²) in [7, 11) is -3.62. The Labute approximate surface area is 119 Å². The first kappa shape index (κ1) is 15.4. The second-order valence-electron chi connectivity index (χ2n) is 5.55. The number of sulfonamides is 1. The number of hydrogen-bond donors (Lipinski definition) is 1. The summed E-state index contributed by atoms with van der Waals surface area (Å²) in [5.41, 5.74) is 6.61. The maximum absolute atomic E-state index is 13.4. The Kier molecular flexibility index (Phi) is 4.18. The predicted octanol–water partition coefficient (Wildman–Crippen LogP) is 1.80. The standard InChI is InChI=1S/C14H21FN2O2S/c1-9-4-5-17(13(9)8-16)20(18,19)14-10(2)6-12(15)7-11(14)3/h6-7,9,13H,4-5,8,16H2,1-3H3. The van der Waals surface area contributed by atoms with E-state index in [0.29, 0.717) is 24.2 Å². The normalized spacial score (nSPS) is 24.2. The van der Waals surface area contributed by atoms with E-state index in [4.69, 9.17) is 5.73 Å². The minimum absolute atomic E-state index is 0.177. The van der Waals surface area contributed by atoms with Gasteiger partial charge in [-0.1, -0.05) is 6.92 Å². The molecule has 6 heteroatoms. The number of rotatable bonds is 3. The van der Waals surface area contributed by atoms with Gasteiger partial charge in [-0.25, -0.2) is 12.8 Å². The fourth-order valence-electron chi connectivity index (χ4n) is 3.04. The van der Waals surface area contributed by atoms with Gasteiger partial charge in [0.25, 0.3) is 0 Å². The zero-order chi connectivity index (χ0) is 15.1. The average molecular weight is 300 g/mol. The van der Waals surface area contributed by atoms with Crippen molar-refractivity contribution >= 4 is 10.0 Å². The number of halogens is 1. The van der Waals surface area contributed by atoms with Crippen LogP contribution in [-0.4, -0.2) is 31.9 Å². The first-order chi connectivity index (χ1) is 9.28. The van der Waals surface area contributed by atoms with Gasteiger partial charge >= 0.3 is 0 Å². The van der Waals surface area contributed by atoms with Crippen molar-refractivity contribution in [2.45, 2.75) is 38.1 Å². The summed E-state index contributed by atoms with van der Waals surface area (Å²) in [4.78, 5) is 0.214. The molecular weight excluding hydrogens is 279 g/mol. The molecule has 20 heavy (non-hydrogen) atoms. The molecule has 0 radical (unpaired) electrons. The van der Waals surface area contributed by atoms with Crippen LogP contribution in [0.25, 0.3) is 0 Å². The van der Waals surface area contributed by atoms with Gasteiger partial charge in [0.15, 0.2) is 0 Å². The molecule has 1 fully saturated rings. The third kappa shape index (κ3) is 2.47. The zero-order valence-electron chi connectivity index (χ0n) is 12.1. The van der Waals surface area contributed by atoms with Crippen molar-refractivity contribution in [2.75, 3.05) is 13.1 Å². The quantitative estimate of drug-likeness (QED) is 0.926. The first-order valence-corrected chi connectivity index (χ1v) is 8.21. The number of hydrogen-bond acceptors (Lipinski definition) is 3. The van der Waals surface area contributed by atoms with Gasteiger partial charge in [-0.05, 0) is 49.4 Å². The van der Waals surface area contributed by atoms with E-state index in [0.717, 1.165) is 6.42 Å². The summed E-state index contributed by atoms with van der Waals surface area (Å²) in [6, 6.07) is 2.34. The van der Waals surface area contributed by atoms with Crippen LogP contribution in [0.3, 0.4) is 0 Å². The monoisotopic (exact) mass is 300 g/mol. The third-order valence-electron chi connectivity index (χ3n) is 4.06. The van der Waals surface area contributed by atoms with Crippen LogP contribution in [0.5, 0.6) is 0 Å². The lowest BCUT2D eigenvalue weighted by molar-refractivity contribution is 0.354. The first-order valence-electron chi connectivity index (χ1n) is 6.77. The lowest BCUT2D eigenvalue weighted by Crippen LogP contribution is -2.42. The Balaban J connectivity index is 2.51. The van der Waals surface area contributed by atoms with Gasteiger partial charge in [0.2, 0.25) is 10.0 Å². The molecule has 0 aliphatic carbocycles. The van der Waals surface area contributed by atoms with Crippen LogP contribution >= 0.6 is 0 Å². The molecule has 1 aliphatic rings. The maximum atomic E-state index is 13.4. The van der Waals surface area contributed by atoms with Crippen molar-refractivity contribution < 1.29 is 12.8 Å². The van der Waals surface area contributed by atoms with Crippen LogP contribution in [-0.2, 0) is 10.0 Å². The molecule has 2 unspecified atom stereocenters. The highest BCUT2D eigenvalue weighted by atomic mass is 32.2. The van der Waals surface area contributed by atoms with E-state index in [1.54, 1.807) is 13.8 Å². The molecule has 2 rings (SSSR count). The van der Waals surface area contributed by atoms with Crippen molar-refractivity contribution in [3.05, 3.63) is 29.1 Å². The summed E-state index contributed by atoms with van der Waals surface area (Å²) >= 11 is 0. The summed E-state index contributed by atoms with van der Waals surface area (Å²) in [5.74, 6) is -0.167. The van der Waals surface area contributed by atoms with Crippen molar-refractivity contribution in [1.82, 2.24) is 4.31 Å². The molecule has 0 amide bonds. The number of nitrogens with zero attached hydrogens (tertiary/aromatic N) is 1. The molecule has 1 aliphatic heterocycles. The lowest BCUT2D eigenvalue weighted by atomic mass is 10.0. The van der Waals surface area contributed by atoms with Crippen LogP contribution in [0.1, 0.15) is 24.5 Å². The van der Waals surface area contributed by atoms with E-state index >= 15 is 0 Å². The van der Waals surface area contributed by atoms with E-state index in [9.17, 15) is 12.8 Å². The van der Waals surface area contributed by atoms with Crippen molar-refractivity contribution in [3.8, 4) is 0 Å². The fraction of sp³-hybridized carbons (Fsp3) is 0.571. The number of benzene rings is 1. The van der Waals surface area contributed by atoms with Gasteiger partial charge in [0, 0.05) is 19.1 Å². The van der Waals surface area contributed by atoms with Crippen molar-refractivity contribution in [3.63, 3.8) is 0 Å². The summed E-state index contributed by atoms with van der Waals surface area (Å²) in [6.07, 6.45) is 0.806. The molecule has 0 aromatic heterocycles. The smallest absolute Gasteiger partial charge is 0.243 e. The molecule has 1 heterocycles. The number of nitrogens with two attached hydrogens (primary N) is 1. The molecule has 0 spiro atoms. The Bertz CT molecular complexity index is 593. The molecule has 1 aromatic carbocycles. The molecule has 4 nitrogen and oxygen atoms in total. The van der Waals surface area contributed by atoms with Gasteiger partial charge in [0.05, 0.1) is 4.90 Å². The average Bonchev–Trinajstić information content (AvgIpc) is 2.69. The van der Waals surface area contributed by atoms with Crippen LogP contribution in [0, 0.1) is 25.6 Å². The third-order valence-corrected chi connectivity index (χ3v) is 6.30. The molecular formula is C14H21FN2O2S. The summed E-state index contributed by atoms with van der Waals surface area (Å²) in [5, 5.41) is 0. The Morgan fingerprint density at radius 3 is 2.40 bits per heavy atom. The van der Waals surface area contributed by atoms with Gasteiger partial charge in [-0.15, -0.1) is 0 Å². The van der Waals surface area contributed by atoms with Gasteiger partial charge in [-0.3, -0.25) is 0 Å². The molecule has 2 atom stereocenters. The Hall–Kier alpha value is -0.980. The van der Waals surface area contributed by atoms with Crippen molar-refractivity contribution in [2.24, 2.45) is 11.7 Å². The zero-order valence-corrected chi connectivity index (χ0v) is 12.9. The van der Waals surface area contributed by atoms with E-state index in [1.165, 1.54) is 16.4 Å². The Morgan fingerprint density at radius 1 is 1.35 bits per heavy atom. The molecule has 1 aromatic rings. The molecule has 0 bridgehead atoms. The van der Waals surface area contributed by atoms with Gasteiger partial charge < -0.3 is 5.73 Å². The largest absolute Gasteiger partial charge is 0.329 e. The van der Waals surface area contributed by atoms with Gasteiger partial charge in [0.1, 0.15) is 5.82 Å². The van der Waals surface area contributed by atoms with Gasteiger partial charge in [-0.2, -0.15) is 4.31 Å². The highest BCUT2D eigenvalue weighted by Crippen LogP contribution is 2.32. The second kappa shape index (κ2) is 5.42. The van der Waals surface area contributed by atoms with Crippen LogP contribution in [0.15, 0.2) is 17.0 Å². The Morgan fingerprint density at radius 2 is 1.90 bits per heavy atom. The summed E-state index contributed by atoms with van der Waals surface area (Å²) < 4.78 is 40.5. The summed E-state index contributed by atoms with van der Waals surface area (Å²) in [6.45, 7) is 6.04. The number of aryl methyl sites for hydroxylation is 2. The van der Waals surface area contributed by atoms with E-state index in [-0.39, 0.29) is 16.9 Å². The van der Waals surface area contributed by atoms with E-state index < -0.39 is 15.8 Å². The van der Waals surface area contributed by atoms with E-state index in [1.807, 2.05) is 6.92 Å². The predicted molar refractivity (Wildman–Crippen MR) is 76.4 cm³/mol. The SMILES string of the molecule is Cc1cc(F)cc(C)c1S(=O)(=O)N1CCC(C)C1CN. The molecule has 2 N–H and O–H groups in total. The van der Waals surface area contributed by atoms with Crippen LogP contribution < -0.4 is 5.73 Å². The van der Waals surface area contributed by atoms with Crippen LogP contribution in [0.4, 0.5) is 4.39 Å². The van der Waals surface area contributed by atoms with E-state index in [2.05, 4.69) is 0 Å². The molecule has 112 valence electrons. The fourth-order valence-corrected chi connectivity index (χ4v) is 5.21. The second-order valence-corrected chi connectivity index (χ2v) is 7.38. The highest BCUT2D eigenvalue weighted by molar-refractivity contribution is 7.89. The molecule has 1 saturated heterocycles. The minimum Gasteiger partial charge on any atom is -0.329 e.